The van der Waals surface area contributed by atoms with Crippen molar-refractivity contribution in [3.63, 3.8) is 0 Å². The van der Waals surface area contributed by atoms with Gasteiger partial charge < -0.3 is 26.2 Å². The minimum absolute atomic E-state index is 0.175. The van der Waals surface area contributed by atoms with Gasteiger partial charge in [0.15, 0.2) is 0 Å². The van der Waals surface area contributed by atoms with E-state index in [-0.39, 0.29) is 12.5 Å². The number of hydrogen-bond donors (Lipinski definition) is 4. The number of thiocarbonyl (C=S) groups is 1. The van der Waals surface area contributed by atoms with Gasteiger partial charge in [0, 0.05) is 23.9 Å². The molecule has 2 aromatic rings. The quantitative estimate of drug-likeness (QED) is 0.468. The van der Waals surface area contributed by atoms with E-state index in [1.165, 1.54) is 6.07 Å². The molecule has 2 aliphatic rings. The first-order chi connectivity index (χ1) is 16.5. The normalized spacial score (nSPS) is 17.2. The molecule has 0 saturated carbocycles. The molecule has 12 heteroatoms. The van der Waals surface area contributed by atoms with Gasteiger partial charge in [-0.25, -0.2) is 9.98 Å². The third-order valence-corrected chi connectivity index (χ3v) is 5.65. The molecule has 0 aliphatic carbocycles. The SMILES string of the molecule is Cc1nc(NC(=O)CN(C)C)ccc1NC1=NC=C2CC(=S)Nc3cc(C(F)(F)F)ccc3C2N1. The van der Waals surface area contributed by atoms with E-state index < -0.39 is 17.8 Å². The van der Waals surface area contributed by atoms with Crippen molar-refractivity contribution < 1.29 is 18.0 Å². The fourth-order valence-electron chi connectivity index (χ4n) is 3.81. The van der Waals surface area contributed by atoms with E-state index in [9.17, 15) is 18.0 Å². The number of likely N-dealkylation sites (N-methyl/N-ethyl adjacent to an activating group) is 1. The molecule has 1 atom stereocenters. The molecule has 4 rings (SSSR count). The molecule has 35 heavy (non-hydrogen) atoms. The van der Waals surface area contributed by atoms with Gasteiger partial charge in [-0.05, 0) is 50.9 Å². The Morgan fingerprint density at radius 2 is 2.03 bits per heavy atom. The lowest BCUT2D eigenvalue weighted by Gasteiger charge is -2.27. The average molecular weight is 504 g/mol. The second-order valence-corrected chi connectivity index (χ2v) is 9.02. The highest BCUT2D eigenvalue weighted by molar-refractivity contribution is 7.80. The summed E-state index contributed by atoms with van der Waals surface area (Å²) in [6.07, 6.45) is -2.43. The molecule has 0 spiro atoms. The number of aryl methyl sites for hydroxylation is 1. The van der Waals surface area contributed by atoms with E-state index in [4.69, 9.17) is 12.2 Å². The highest BCUT2D eigenvalue weighted by atomic mass is 32.1. The maximum absolute atomic E-state index is 13.2. The highest BCUT2D eigenvalue weighted by Crippen LogP contribution is 2.39. The van der Waals surface area contributed by atoms with Gasteiger partial charge in [-0.15, -0.1) is 0 Å². The van der Waals surface area contributed by atoms with Crippen LogP contribution < -0.4 is 21.3 Å². The van der Waals surface area contributed by atoms with Gasteiger partial charge in [0.2, 0.25) is 11.9 Å². The van der Waals surface area contributed by atoms with Crippen molar-refractivity contribution in [3.05, 3.63) is 58.9 Å². The molecular weight excluding hydrogens is 479 g/mol. The molecule has 0 fully saturated rings. The Morgan fingerprint density at radius 3 is 2.71 bits per heavy atom. The van der Waals surface area contributed by atoms with E-state index in [0.717, 1.165) is 17.7 Å². The summed E-state index contributed by atoms with van der Waals surface area (Å²) >= 11 is 5.32. The van der Waals surface area contributed by atoms with Crippen LogP contribution in [0, 0.1) is 6.92 Å². The average Bonchev–Trinajstić information content (AvgIpc) is 2.89. The Kier molecular flexibility index (Phi) is 6.77. The number of hydrogen-bond acceptors (Lipinski definition) is 7. The predicted molar refractivity (Wildman–Crippen MR) is 133 cm³/mol. The van der Waals surface area contributed by atoms with Crippen molar-refractivity contribution in [3.8, 4) is 0 Å². The Hall–Kier alpha value is -3.51. The van der Waals surface area contributed by atoms with Gasteiger partial charge in [0.1, 0.15) is 5.82 Å². The number of aromatic nitrogens is 1. The Morgan fingerprint density at radius 1 is 1.26 bits per heavy atom. The zero-order valence-electron chi connectivity index (χ0n) is 19.2. The minimum atomic E-state index is -4.46. The zero-order chi connectivity index (χ0) is 25.3. The number of nitrogens with zero attached hydrogens (tertiary/aromatic N) is 3. The maximum atomic E-state index is 13.2. The predicted octanol–water partition coefficient (Wildman–Crippen LogP) is 4.05. The van der Waals surface area contributed by atoms with Crippen molar-refractivity contribution in [1.29, 1.82) is 0 Å². The van der Waals surface area contributed by atoms with Crippen LogP contribution >= 0.6 is 12.2 Å². The molecule has 8 nitrogen and oxygen atoms in total. The summed E-state index contributed by atoms with van der Waals surface area (Å²) in [7, 11) is 3.60. The number of rotatable bonds is 4. The number of nitrogens with one attached hydrogen (secondary N) is 4. The van der Waals surface area contributed by atoms with Gasteiger partial charge in [0.05, 0.1) is 34.5 Å². The summed E-state index contributed by atoms with van der Waals surface area (Å²) in [5, 5.41) is 12.1. The topological polar surface area (TPSA) is 93.7 Å². The largest absolute Gasteiger partial charge is 0.416 e. The highest BCUT2D eigenvalue weighted by Gasteiger charge is 2.34. The monoisotopic (exact) mass is 503 g/mol. The molecule has 0 bridgehead atoms. The van der Waals surface area contributed by atoms with Crippen LogP contribution in [-0.2, 0) is 11.0 Å². The number of fused-ring (bicyclic) bond motifs is 3. The number of pyridine rings is 1. The van der Waals surface area contributed by atoms with Crippen LogP contribution in [0.4, 0.5) is 30.4 Å². The molecule has 184 valence electrons. The lowest BCUT2D eigenvalue weighted by Crippen LogP contribution is -2.37. The van der Waals surface area contributed by atoms with Gasteiger partial charge >= 0.3 is 6.18 Å². The number of amides is 1. The summed E-state index contributed by atoms with van der Waals surface area (Å²) in [5.41, 5.74) is 2.32. The summed E-state index contributed by atoms with van der Waals surface area (Å²) in [4.78, 5) is 23.0. The lowest BCUT2D eigenvalue weighted by molar-refractivity contribution is -0.137. The molecule has 0 radical (unpaired) electrons. The number of guanidine groups is 1. The number of alkyl halides is 3. The first-order valence-electron chi connectivity index (χ1n) is 10.7. The third kappa shape index (κ3) is 5.77. The van der Waals surface area contributed by atoms with Crippen molar-refractivity contribution in [2.45, 2.75) is 25.6 Å². The summed E-state index contributed by atoms with van der Waals surface area (Å²) < 4.78 is 39.7. The molecule has 4 N–H and O–H groups in total. The zero-order valence-corrected chi connectivity index (χ0v) is 20.1. The van der Waals surface area contributed by atoms with E-state index in [1.807, 2.05) is 0 Å². The van der Waals surface area contributed by atoms with Crippen molar-refractivity contribution in [2.24, 2.45) is 4.99 Å². The van der Waals surface area contributed by atoms with Crippen LogP contribution in [-0.4, -0.2) is 47.4 Å². The molecule has 1 aromatic heterocycles. The number of anilines is 3. The van der Waals surface area contributed by atoms with E-state index in [2.05, 4.69) is 31.2 Å². The summed E-state index contributed by atoms with van der Waals surface area (Å²) in [6.45, 7) is 2.03. The molecule has 1 amide bonds. The lowest BCUT2D eigenvalue weighted by atomic mass is 9.95. The number of halogens is 3. The second-order valence-electron chi connectivity index (χ2n) is 8.52. The summed E-state index contributed by atoms with van der Waals surface area (Å²) in [5.74, 6) is 0.663. The Balaban J connectivity index is 1.54. The van der Waals surface area contributed by atoms with E-state index >= 15 is 0 Å². The molecular formula is C23H24F3N7OS. The molecule has 2 aliphatic heterocycles. The number of benzene rings is 1. The van der Waals surface area contributed by atoms with E-state index in [1.54, 1.807) is 44.3 Å². The van der Waals surface area contributed by atoms with Crippen LogP contribution in [0.2, 0.25) is 0 Å². The summed E-state index contributed by atoms with van der Waals surface area (Å²) in [6, 6.07) is 6.61. The van der Waals surface area contributed by atoms with Crippen LogP contribution in [0.25, 0.3) is 0 Å². The molecule has 1 aromatic carbocycles. The van der Waals surface area contributed by atoms with Crippen molar-refractivity contribution in [2.75, 3.05) is 36.6 Å². The van der Waals surface area contributed by atoms with Crippen molar-refractivity contribution in [1.82, 2.24) is 15.2 Å². The molecule has 3 heterocycles. The van der Waals surface area contributed by atoms with Gasteiger partial charge in [-0.3, -0.25) is 4.79 Å². The molecule has 0 saturated heterocycles. The van der Waals surface area contributed by atoms with Crippen molar-refractivity contribution >= 4 is 46.3 Å². The van der Waals surface area contributed by atoms with E-state index in [0.29, 0.717) is 45.8 Å². The van der Waals surface area contributed by atoms with Crippen LogP contribution in [0.15, 0.2) is 47.1 Å². The van der Waals surface area contributed by atoms with Gasteiger partial charge in [0.25, 0.3) is 0 Å². The third-order valence-electron chi connectivity index (χ3n) is 5.41. The fraction of sp³-hybridized carbons (Fsp3) is 0.304. The van der Waals surface area contributed by atoms with Gasteiger partial charge in [-0.1, -0.05) is 18.3 Å². The first kappa shape index (κ1) is 24.6. The number of aliphatic imine (C=N–C) groups is 1. The standard InChI is InChI=1S/C23H24F3N7OS/c1-12-16(6-7-18(28-12)31-19(34)11-33(2)3)30-22-27-10-13-8-20(35)29-17-9-14(23(24,25)26)4-5-15(17)21(13)32-22/h4-7,9-10,21H,8,11H2,1-3H3,(H,29,35)(H2,27,30,32)(H,28,31,34). The minimum Gasteiger partial charge on any atom is -0.349 e. The number of carbonyl (C=O) groups is 1. The van der Waals surface area contributed by atoms with Gasteiger partial charge in [-0.2, -0.15) is 13.2 Å². The second kappa shape index (κ2) is 9.62. The first-order valence-corrected chi connectivity index (χ1v) is 11.1. The Bertz CT molecular complexity index is 1240. The fourth-order valence-corrected chi connectivity index (χ4v) is 4.09. The molecule has 1 unspecified atom stereocenters. The smallest absolute Gasteiger partial charge is 0.349 e. The number of carbonyl (C=O) groups excluding carboxylic acids is 1. The maximum Gasteiger partial charge on any atom is 0.416 e. The van der Waals surface area contributed by atoms with Crippen LogP contribution in [0.3, 0.4) is 0 Å². The van der Waals surface area contributed by atoms with Crippen LogP contribution in [0.1, 0.15) is 29.3 Å². The Labute approximate surface area is 205 Å². The van der Waals surface area contributed by atoms with Crippen LogP contribution in [0.5, 0.6) is 0 Å².